The van der Waals surface area contributed by atoms with Crippen LogP contribution in [0.3, 0.4) is 0 Å². The second-order valence-corrected chi connectivity index (χ2v) is 15.6. The Balaban J connectivity index is 1.11. The molecule has 64 heavy (non-hydrogen) atoms. The van der Waals surface area contributed by atoms with Crippen LogP contribution in [0.2, 0.25) is 0 Å². The van der Waals surface area contributed by atoms with Gasteiger partial charge >= 0.3 is 11.9 Å². The zero-order valence-corrected chi connectivity index (χ0v) is 35.9. The van der Waals surface area contributed by atoms with Gasteiger partial charge in [0.1, 0.15) is 37.6 Å². The maximum atomic E-state index is 13.6. The van der Waals surface area contributed by atoms with Crippen LogP contribution in [0, 0.1) is 5.92 Å². The van der Waals surface area contributed by atoms with Crippen molar-refractivity contribution in [3.8, 4) is 0 Å². The van der Waals surface area contributed by atoms with Gasteiger partial charge in [-0.15, -0.1) is 0 Å². The van der Waals surface area contributed by atoms with Crippen molar-refractivity contribution in [1.82, 2.24) is 0 Å². The highest BCUT2D eigenvalue weighted by atomic mass is 16.7. The van der Waals surface area contributed by atoms with E-state index in [-0.39, 0.29) is 46.1 Å². The van der Waals surface area contributed by atoms with Crippen LogP contribution in [0.5, 0.6) is 0 Å². The molecule has 0 radical (unpaired) electrons. The summed E-state index contributed by atoms with van der Waals surface area (Å²) in [4.78, 5) is 27.1. The lowest BCUT2D eigenvalue weighted by atomic mass is 9.97. The summed E-state index contributed by atoms with van der Waals surface area (Å²) in [7, 11) is 0. The fraction of sp³-hybridized carbons (Fsp3) is 0.296. The van der Waals surface area contributed by atoms with E-state index in [2.05, 4.69) is 0 Å². The third-order valence-corrected chi connectivity index (χ3v) is 10.8. The molecule has 0 saturated carbocycles. The Morgan fingerprint density at radius 3 is 1.20 bits per heavy atom. The molecule has 0 aromatic heterocycles. The predicted octanol–water partition coefficient (Wildman–Crippen LogP) is 9.58. The fourth-order valence-electron chi connectivity index (χ4n) is 7.36. The lowest BCUT2D eigenvalue weighted by Crippen LogP contribution is -2.61. The van der Waals surface area contributed by atoms with Gasteiger partial charge in [-0.2, -0.15) is 0 Å². The number of carbonyl (C=O) groups is 2. The molecule has 1 aliphatic heterocycles. The van der Waals surface area contributed by atoms with E-state index >= 15 is 0 Å². The molecule has 0 spiro atoms. The van der Waals surface area contributed by atoms with E-state index in [9.17, 15) is 9.59 Å². The summed E-state index contributed by atoms with van der Waals surface area (Å²) in [5.74, 6) is -2.50. The first-order chi connectivity index (χ1) is 31.6. The number of rotatable bonds is 24. The van der Waals surface area contributed by atoms with Crippen molar-refractivity contribution in [1.29, 1.82) is 0 Å². The Labute approximate surface area is 376 Å². The first-order valence-corrected chi connectivity index (χ1v) is 21.9. The van der Waals surface area contributed by atoms with Gasteiger partial charge in [-0.3, -0.25) is 9.59 Å². The summed E-state index contributed by atoms with van der Waals surface area (Å²) in [5.41, 5.74) is 5.58. The van der Waals surface area contributed by atoms with E-state index in [1.807, 2.05) is 182 Å². The molecule has 1 aliphatic rings. The molecule has 332 valence electrons. The van der Waals surface area contributed by atoms with Crippen LogP contribution >= 0.6 is 0 Å². The quantitative estimate of drug-likeness (QED) is 0.0332. The fourth-order valence-corrected chi connectivity index (χ4v) is 7.36. The van der Waals surface area contributed by atoms with Crippen molar-refractivity contribution in [3.05, 3.63) is 215 Å². The van der Waals surface area contributed by atoms with Crippen molar-refractivity contribution in [2.24, 2.45) is 5.92 Å². The highest BCUT2D eigenvalue weighted by Crippen LogP contribution is 2.32. The number of benzene rings is 6. The van der Waals surface area contributed by atoms with Gasteiger partial charge in [0, 0.05) is 6.61 Å². The lowest BCUT2D eigenvalue weighted by molar-refractivity contribution is -0.328. The van der Waals surface area contributed by atoms with Gasteiger partial charge < -0.3 is 37.9 Å². The number of hydrogen-bond acceptors (Lipinski definition) is 10. The predicted molar refractivity (Wildman–Crippen MR) is 241 cm³/mol. The molecule has 6 aromatic carbocycles. The average molecular weight is 865 g/mol. The zero-order valence-electron chi connectivity index (χ0n) is 35.9. The lowest BCUT2D eigenvalue weighted by Gasteiger charge is -2.46. The normalized spacial score (nSPS) is 18.4. The third kappa shape index (κ3) is 14.5. The van der Waals surface area contributed by atoms with Crippen LogP contribution in [-0.4, -0.2) is 55.9 Å². The van der Waals surface area contributed by atoms with Crippen LogP contribution in [0.1, 0.15) is 46.2 Å². The van der Waals surface area contributed by atoms with E-state index in [4.69, 9.17) is 37.9 Å². The van der Waals surface area contributed by atoms with Crippen molar-refractivity contribution >= 4 is 11.9 Å². The second-order valence-electron chi connectivity index (χ2n) is 15.6. The minimum Gasteiger partial charge on any atom is -0.460 e. The summed E-state index contributed by atoms with van der Waals surface area (Å²) in [6.07, 6.45) is -3.24. The summed E-state index contributed by atoms with van der Waals surface area (Å²) in [6, 6.07) is 58.4. The Morgan fingerprint density at radius 2 is 0.781 bits per heavy atom. The van der Waals surface area contributed by atoms with Crippen LogP contribution in [0.15, 0.2) is 182 Å². The molecule has 10 heteroatoms. The van der Waals surface area contributed by atoms with Crippen molar-refractivity contribution < 1.29 is 47.5 Å². The molecule has 6 aromatic rings. The molecule has 0 bridgehead atoms. The molecule has 1 heterocycles. The van der Waals surface area contributed by atoms with Crippen molar-refractivity contribution in [2.75, 3.05) is 13.2 Å². The van der Waals surface area contributed by atoms with E-state index in [0.717, 1.165) is 33.4 Å². The van der Waals surface area contributed by atoms with Crippen LogP contribution in [0.4, 0.5) is 0 Å². The smallest absolute Gasteiger partial charge is 0.320 e. The molecular weight excluding hydrogens is 809 g/mol. The first-order valence-electron chi connectivity index (χ1n) is 21.9. The molecule has 1 fully saturated rings. The van der Waals surface area contributed by atoms with Gasteiger partial charge in [-0.1, -0.05) is 182 Å². The summed E-state index contributed by atoms with van der Waals surface area (Å²) >= 11 is 0. The van der Waals surface area contributed by atoms with Crippen molar-refractivity contribution in [3.63, 3.8) is 0 Å². The summed E-state index contributed by atoms with van der Waals surface area (Å²) in [6.45, 7) is 1.54. The van der Waals surface area contributed by atoms with Gasteiger partial charge in [0.2, 0.25) is 0 Å². The minimum atomic E-state index is -1.18. The standard InChI is InChI=1S/C54H56O10/c55-52(62-38-45-28-15-5-16-29-45)47(53(56)63-39-46-30-17-6-18-31-46)32-19-33-58-54-51(61-37-44-26-13-4-14-27-44)50(60-36-43-24-11-3-12-25-43)49(59-35-42-22-9-2-10-23-42)48(64-54)40-57-34-41-20-7-1-8-21-41/h1-18,20-31,47-51,54H,19,32-40H2. The maximum absolute atomic E-state index is 13.6. The molecule has 0 amide bonds. The van der Waals surface area contributed by atoms with Gasteiger partial charge in [0.15, 0.2) is 12.2 Å². The Hall–Kier alpha value is -5.98. The van der Waals surface area contributed by atoms with Gasteiger partial charge in [-0.05, 0) is 46.2 Å². The van der Waals surface area contributed by atoms with Crippen LogP contribution in [0.25, 0.3) is 0 Å². The first kappa shape index (κ1) is 46.0. The zero-order chi connectivity index (χ0) is 44.0. The highest BCUT2D eigenvalue weighted by Gasteiger charge is 2.49. The van der Waals surface area contributed by atoms with Gasteiger partial charge in [-0.25, -0.2) is 0 Å². The summed E-state index contributed by atoms with van der Waals surface area (Å²) < 4.78 is 51.4. The second kappa shape index (κ2) is 25.3. The van der Waals surface area contributed by atoms with Crippen LogP contribution < -0.4 is 0 Å². The number of hydrogen-bond donors (Lipinski definition) is 0. The molecule has 5 unspecified atom stereocenters. The molecule has 0 aliphatic carbocycles. The van der Waals surface area contributed by atoms with Gasteiger partial charge in [0.05, 0.1) is 33.0 Å². The maximum Gasteiger partial charge on any atom is 0.320 e. The van der Waals surface area contributed by atoms with Gasteiger partial charge in [0.25, 0.3) is 0 Å². The monoisotopic (exact) mass is 864 g/mol. The largest absolute Gasteiger partial charge is 0.460 e. The highest BCUT2D eigenvalue weighted by molar-refractivity contribution is 5.94. The topological polar surface area (TPSA) is 108 Å². The minimum absolute atomic E-state index is 0.0284. The number of ether oxygens (including phenoxy) is 8. The number of esters is 2. The van der Waals surface area contributed by atoms with E-state index in [1.54, 1.807) is 0 Å². The molecule has 0 N–H and O–H groups in total. The average Bonchev–Trinajstić information content (AvgIpc) is 3.35. The van der Waals surface area contributed by atoms with Crippen molar-refractivity contribution in [2.45, 2.75) is 83.2 Å². The Bertz CT molecular complexity index is 2160. The van der Waals surface area contributed by atoms with E-state index < -0.39 is 48.6 Å². The SMILES string of the molecule is O=C(OCc1ccccc1)C(CCCOC1OC(COCc2ccccc2)C(OCc2ccccc2)C(OCc2ccccc2)C1OCc1ccccc1)C(=O)OCc1ccccc1. The molecule has 7 rings (SSSR count). The Morgan fingerprint density at radius 1 is 0.422 bits per heavy atom. The van der Waals surface area contributed by atoms with Crippen LogP contribution in [-0.2, 0) is 87.1 Å². The third-order valence-electron chi connectivity index (χ3n) is 10.8. The summed E-state index contributed by atoms with van der Waals surface area (Å²) in [5, 5.41) is 0. The molecule has 5 atom stereocenters. The van der Waals surface area contributed by atoms with E-state index in [1.165, 1.54) is 0 Å². The Kier molecular flexibility index (Phi) is 18.2. The molecule has 10 nitrogen and oxygen atoms in total. The molecular formula is C54H56O10. The molecule has 1 saturated heterocycles. The van der Waals surface area contributed by atoms with E-state index in [0.29, 0.717) is 19.6 Å². The number of carbonyl (C=O) groups excluding carboxylic acids is 2.